The molecule has 0 aromatic heterocycles. The van der Waals surface area contributed by atoms with Gasteiger partial charge in [0, 0.05) is 7.05 Å². The van der Waals surface area contributed by atoms with Gasteiger partial charge in [0.2, 0.25) is 5.91 Å². The number of hydrogen-bond donors (Lipinski definition) is 0. The maximum atomic E-state index is 11.6. The number of nitrogens with zero attached hydrogens (tertiary/aromatic N) is 1. The van der Waals surface area contributed by atoms with Crippen molar-refractivity contribution in [2.75, 3.05) is 13.7 Å². The summed E-state index contributed by atoms with van der Waals surface area (Å²) in [6.07, 6.45) is 2.95. The fourth-order valence-electron chi connectivity index (χ4n) is 1.61. The van der Waals surface area contributed by atoms with Crippen molar-refractivity contribution in [3.8, 4) is 0 Å². The normalized spacial score (nSPS) is 25.8. The molecule has 82 valence electrons. The van der Waals surface area contributed by atoms with Gasteiger partial charge in [-0.15, -0.1) is 13.2 Å². The Morgan fingerprint density at radius 1 is 1.33 bits per heavy atom. The molecule has 0 bridgehead atoms. The highest BCUT2D eigenvalue weighted by Gasteiger charge is 2.45. The minimum Gasteiger partial charge on any atom is -0.363 e. The molecular formula is C11H15NO3. The van der Waals surface area contributed by atoms with E-state index in [2.05, 4.69) is 13.2 Å². The molecule has 15 heavy (non-hydrogen) atoms. The van der Waals surface area contributed by atoms with Crippen LogP contribution in [0.1, 0.15) is 6.42 Å². The molecular weight excluding hydrogens is 194 g/mol. The minimum atomic E-state index is -0.682. The third-order valence-electron chi connectivity index (χ3n) is 2.40. The lowest BCUT2D eigenvalue weighted by atomic mass is 10.0. The second kappa shape index (κ2) is 4.89. The zero-order chi connectivity index (χ0) is 11.4. The van der Waals surface area contributed by atoms with Gasteiger partial charge in [0.15, 0.2) is 0 Å². The molecule has 1 rings (SSSR count). The molecule has 1 aliphatic heterocycles. The van der Waals surface area contributed by atoms with Crippen molar-refractivity contribution >= 4 is 11.8 Å². The summed E-state index contributed by atoms with van der Waals surface area (Å²) < 4.78 is 5.29. The predicted molar refractivity (Wildman–Crippen MR) is 56.0 cm³/mol. The Morgan fingerprint density at radius 2 is 2.00 bits per heavy atom. The minimum absolute atomic E-state index is 0.200. The lowest BCUT2D eigenvalue weighted by molar-refractivity contribution is -0.140. The lowest BCUT2D eigenvalue weighted by Gasteiger charge is -2.12. The van der Waals surface area contributed by atoms with Crippen LogP contribution in [0.5, 0.6) is 0 Å². The van der Waals surface area contributed by atoms with E-state index in [0.717, 1.165) is 4.90 Å². The van der Waals surface area contributed by atoms with Crippen molar-refractivity contribution in [3.63, 3.8) is 0 Å². The quantitative estimate of drug-likeness (QED) is 0.496. The third kappa shape index (κ3) is 2.15. The SMILES string of the molecule is C=CCO[C@H]1C(=O)N(C)C(=O)[C@@H]1CC=C. The molecule has 0 N–H and O–H groups in total. The van der Waals surface area contributed by atoms with E-state index >= 15 is 0 Å². The average molecular weight is 209 g/mol. The second-order valence-corrected chi connectivity index (χ2v) is 3.41. The largest absolute Gasteiger partial charge is 0.363 e. The summed E-state index contributed by atoms with van der Waals surface area (Å²) >= 11 is 0. The van der Waals surface area contributed by atoms with Crippen molar-refractivity contribution in [2.45, 2.75) is 12.5 Å². The highest BCUT2D eigenvalue weighted by molar-refractivity contribution is 6.06. The second-order valence-electron chi connectivity index (χ2n) is 3.41. The number of carbonyl (C=O) groups is 2. The summed E-state index contributed by atoms with van der Waals surface area (Å²) in [5.74, 6) is -0.914. The third-order valence-corrected chi connectivity index (χ3v) is 2.40. The van der Waals surface area contributed by atoms with E-state index in [1.54, 1.807) is 12.2 Å². The fraction of sp³-hybridized carbons (Fsp3) is 0.455. The van der Waals surface area contributed by atoms with Gasteiger partial charge in [0.1, 0.15) is 6.10 Å². The summed E-state index contributed by atoms with van der Waals surface area (Å²) in [5, 5.41) is 0. The molecule has 1 aliphatic rings. The maximum absolute atomic E-state index is 11.6. The molecule has 1 saturated heterocycles. The summed E-state index contributed by atoms with van der Waals surface area (Å²) in [6, 6.07) is 0. The monoisotopic (exact) mass is 209 g/mol. The van der Waals surface area contributed by atoms with Crippen LogP contribution in [0.4, 0.5) is 0 Å². The average Bonchev–Trinajstić information content (AvgIpc) is 2.42. The Labute approximate surface area is 89.2 Å². The number of hydrogen-bond acceptors (Lipinski definition) is 3. The van der Waals surface area contributed by atoms with E-state index < -0.39 is 12.0 Å². The van der Waals surface area contributed by atoms with Gasteiger partial charge in [-0.1, -0.05) is 12.2 Å². The van der Waals surface area contributed by atoms with Crippen molar-refractivity contribution in [3.05, 3.63) is 25.3 Å². The topological polar surface area (TPSA) is 46.6 Å². The molecule has 2 atom stereocenters. The van der Waals surface area contributed by atoms with Crippen molar-refractivity contribution in [1.29, 1.82) is 0 Å². The Kier molecular flexibility index (Phi) is 3.80. The summed E-state index contributed by atoms with van der Waals surface area (Å²) in [4.78, 5) is 24.4. The number of likely N-dealkylation sites (tertiary alicyclic amines) is 1. The van der Waals surface area contributed by atoms with Crippen LogP contribution >= 0.6 is 0 Å². The van der Waals surface area contributed by atoms with Crippen molar-refractivity contribution < 1.29 is 14.3 Å². The highest BCUT2D eigenvalue weighted by Crippen LogP contribution is 2.24. The van der Waals surface area contributed by atoms with Crippen LogP contribution in [0, 0.1) is 5.92 Å². The fourth-order valence-corrected chi connectivity index (χ4v) is 1.61. The predicted octanol–water partition coefficient (Wildman–Crippen LogP) is 0.749. The Balaban J connectivity index is 2.79. The van der Waals surface area contributed by atoms with Gasteiger partial charge in [-0.05, 0) is 6.42 Å². The number of ether oxygens (including phenoxy) is 1. The first kappa shape index (κ1) is 11.7. The highest BCUT2D eigenvalue weighted by atomic mass is 16.5. The summed E-state index contributed by atoms with van der Waals surface area (Å²) in [7, 11) is 1.47. The van der Waals surface area contributed by atoms with Crippen LogP contribution in [0.15, 0.2) is 25.3 Å². The van der Waals surface area contributed by atoms with Crippen LogP contribution in [0.3, 0.4) is 0 Å². The number of carbonyl (C=O) groups excluding carboxylic acids is 2. The Bertz CT molecular complexity index is 298. The number of likely N-dealkylation sites (N-methyl/N-ethyl adjacent to an activating group) is 1. The van der Waals surface area contributed by atoms with Gasteiger partial charge in [-0.2, -0.15) is 0 Å². The zero-order valence-electron chi connectivity index (χ0n) is 8.81. The van der Waals surface area contributed by atoms with Crippen molar-refractivity contribution in [2.24, 2.45) is 5.92 Å². The van der Waals surface area contributed by atoms with E-state index in [1.807, 2.05) is 0 Å². The molecule has 1 heterocycles. The van der Waals surface area contributed by atoms with Gasteiger partial charge < -0.3 is 4.74 Å². The van der Waals surface area contributed by atoms with Crippen LogP contribution in [0.2, 0.25) is 0 Å². The van der Waals surface area contributed by atoms with Gasteiger partial charge >= 0.3 is 0 Å². The first-order valence-electron chi connectivity index (χ1n) is 4.78. The van der Waals surface area contributed by atoms with Gasteiger partial charge in [0.25, 0.3) is 5.91 Å². The molecule has 0 radical (unpaired) electrons. The zero-order valence-corrected chi connectivity index (χ0v) is 8.81. The number of rotatable bonds is 5. The molecule has 2 amide bonds. The molecule has 0 aliphatic carbocycles. The van der Waals surface area contributed by atoms with Crippen LogP contribution in [0.25, 0.3) is 0 Å². The molecule has 0 saturated carbocycles. The molecule has 1 fully saturated rings. The van der Waals surface area contributed by atoms with Crippen LogP contribution in [-0.2, 0) is 14.3 Å². The van der Waals surface area contributed by atoms with Crippen LogP contribution < -0.4 is 0 Å². The smallest absolute Gasteiger partial charge is 0.258 e. The number of amides is 2. The Morgan fingerprint density at radius 3 is 2.53 bits per heavy atom. The molecule has 0 spiro atoms. The van der Waals surface area contributed by atoms with Gasteiger partial charge in [-0.3, -0.25) is 14.5 Å². The molecule has 0 aromatic rings. The number of imide groups is 1. The van der Waals surface area contributed by atoms with E-state index in [9.17, 15) is 9.59 Å². The summed E-state index contributed by atoms with van der Waals surface area (Å²) in [6.45, 7) is 7.34. The molecule has 0 aromatic carbocycles. The van der Waals surface area contributed by atoms with E-state index in [0.29, 0.717) is 6.42 Å². The van der Waals surface area contributed by atoms with E-state index in [-0.39, 0.29) is 18.4 Å². The molecule has 4 nitrogen and oxygen atoms in total. The van der Waals surface area contributed by atoms with Gasteiger partial charge in [0.05, 0.1) is 12.5 Å². The maximum Gasteiger partial charge on any atom is 0.258 e. The molecule has 4 heteroatoms. The van der Waals surface area contributed by atoms with E-state index in [1.165, 1.54) is 7.05 Å². The van der Waals surface area contributed by atoms with E-state index in [4.69, 9.17) is 4.74 Å². The first-order valence-corrected chi connectivity index (χ1v) is 4.78. The Hall–Kier alpha value is -1.42. The van der Waals surface area contributed by atoms with Gasteiger partial charge in [-0.25, -0.2) is 0 Å². The lowest BCUT2D eigenvalue weighted by Crippen LogP contribution is -2.29. The molecule has 0 unspecified atom stereocenters. The first-order chi connectivity index (χ1) is 7.13. The van der Waals surface area contributed by atoms with Crippen LogP contribution in [-0.4, -0.2) is 36.5 Å². The number of allylic oxidation sites excluding steroid dienone is 1. The standard InChI is InChI=1S/C11H15NO3/c1-4-6-8-9(15-7-5-2)11(14)12(3)10(8)13/h4-5,8-9H,1-2,6-7H2,3H3/t8-,9-/m1/s1. The van der Waals surface area contributed by atoms with Crippen molar-refractivity contribution in [1.82, 2.24) is 4.90 Å². The summed E-state index contributed by atoms with van der Waals surface area (Å²) in [5.41, 5.74) is 0.